The van der Waals surface area contributed by atoms with E-state index in [9.17, 15) is 0 Å². The molecule has 0 N–H and O–H groups in total. The maximum Gasteiger partial charge on any atom is 0.226 e. The van der Waals surface area contributed by atoms with Gasteiger partial charge in [0.05, 0.1) is 0 Å². The number of hydrogen-bond donors (Lipinski definition) is 0. The van der Waals surface area contributed by atoms with E-state index in [2.05, 4.69) is 0 Å². The molecule has 0 aliphatic heterocycles. The van der Waals surface area contributed by atoms with Crippen LogP contribution in [-0.4, -0.2) is 20.6 Å². The molecule has 0 saturated carbocycles. The molecule has 0 bridgehead atoms. The van der Waals surface area contributed by atoms with Gasteiger partial charge in [0, 0.05) is 0 Å². The molecular formula is C12H5Cl13. The van der Waals surface area contributed by atoms with Crippen molar-refractivity contribution in [3.63, 3.8) is 0 Å². The van der Waals surface area contributed by atoms with Crippen molar-refractivity contribution in [2.75, 3.05) is 0 Å². The first kappa shape index (κ1) is 26.0. The van der Waals surface area contributed by atoms with Gasteiger partial charge in [0.15, 0.2) is 17.9 Å². The maximum atomic E-state index is 6.60. The summed E-state index contributed by atoms with van der Waals surface area (Å²) in [6, 6.07) is 7.78. The third-order valence-corrected chi connectivity index (χ3v) is 10.9. The van der Waals surface area contributed by atoms with Crippen LogP contribution in [0.2, 0.25) is 0 Å². The van der Waals surface area contributed by atoms with Crippen LogP contribution in [0.25, 0.3) is 0 Å². The Morgan fingerprint density at radius 2 is 0.840 bits per heavy atom. The van der Waals surface area contributed by atoms with Gasteiger partial charge in [-0.1, -0.05) is 170 Å². The Morgan fingerprint density at radius 1 is 0.440 bits per heavy atom. The van der Waals surface area contributed by atoms with Gasteiger partial charge in [0.25, 0.3) is 0 Å². The molecule has 0 aromatic heterocycles. The van der Waals surface area contributed by atoms with Crippen LogP contribution in [0.5, 0.6) is 0 Å². The highest BCUT2D eigenvalue weighted by Crippen LogP contribution is 2.71. The lowest BCUT2D eigenvalue weighted by molar-refractivity contribution is 0.456. The van der Waals surface area contributed by atoms with Crippen LogP contribution in [0.3, 0.4) is 0 Å². The summed E-state index contributed by atoms with van der Waals surface area (Å²) in [7, 11) is 0. The van der Waals surface area contributed by atoms with Gasteiger partial charge in [0.2, 0.25) is 7.59 Å². The van der Waals surface area contributed by atoms with Crippen molar-refractivity contribution in [1.29, 1.82) is 0 Å². The van der Waals surface area contributed by atoms with E-state index in [0.717, 1.165) is 0 Å². The smallest absolute Gasteiger partial charge is 0.106 e. The van der Waals surface area contributed by atoms with Crippen molar-refractivity contribution in [1.82, 2.24) is 0 Å². The summed E-state index contributed by atoms with van der Waals surface area (Å²) in [5, 5.41) is 0. The molecule has 1 aromatic carbocycles. The summed E-state index contributed by atoms with van der Waals surface area (Å²) in [6.45, 7) is 0. The summed E-state index contributed by atoms with van der Waals surface area (Å²) >= 11 is 79.6. The van der Waals surface area contributed by atoms with Crippen molar-refractivity contribution >= 4 is 151 Å². The molecule has 0 amide bonds. The topological polar surface area (TPSA) is 0 Å². The number of hydrogen-bond acceptors (Lipinski definition) is 0. The molecule has 0 saturated heterocycles. The highest BCUT2D eigenvalue weighted by molar-refractivity contribution is 6.81. The molecule has 0 radical (unpaired) electrons. The van der Waals surface area contributed by atoms with E-state index in [0.29, 0.717) is 0 Å². The Bertz CT molecular complexity index is 598. The normalized spacial score (nSPS) is 17.3. The summed E-state index contributed by atoms with van der Waals surface area (Å²) in [5.41, 5.74) is 0.140. The summed E-state index contributed by atoms with van der Waals surface area (Å²) < 4.78 is -12.6. The fraction of sp³-hybridized carbons (Fsp3) is 0.500. The van der Waals surface area contributed by atoms with Crippen LogP contribution in [-0.2, 0) is 4.87 Å². The zero-order valence-electron chi connectivity index (χ0n) is 11.3. The first-order valence-corrected chi connectivity index (χ1v) is 10.8. The fourth-order valence-corrected chi connectivity index (χ4v) is 5.73. The van der Waals surface area contributed by atoms with E-state index in [1.807, 2.05) is 0 Å². The SMILES string of the molecule is ClC(Cl)(Cl)C(Cl)(Cl)C(Cl)(Cl)C(Cl)(Cl)C(Cl)(c1ccccc1)C(Cl)(Cl)Cl. The van der Waals surface area contributed by atoms with Gasteiger partial charge in [0.1, 0.15) is 0 Å². The first-order valence-electron chi connectivity index (χ1n) is 5.87. The van der Waals surface area contributed by atoms with Gasteiger partial charge in [-0.15, -0.1) is 11.6 Å². The predicted octanol–water partition coefficient (Wildman–Crippen LogP) is 9.38. The molecule has 1 aromatic rings. The quantitative estimate of drug-likeness (QED) is 0.298. The molecule has 0 aliphatic rings. The highest BCUT2D eigenvalue weighted by Gasteiger charge is 2.77. The van der Waals surface area contributed by atoms with Gasteiger partial charge < -0.3 is 0 Å². The second kappa shape index (κ2) is 8.26. The minimum absolute atomic E-state index is 0.140. The zero-order valence-corrected chi connectivity index (χ0v) is 21.1. The Balaban J connectivity index is 3.75. The number of rotatable bonds is 4. The second-order valence-electron chi connectivity index (χ2n) is 4.74. The number of alkyl halides is 13. The van der Waals surface area contributed by atoms with Crippen molar-refractivity contribution in [2.45, 2.75) is 25.5 Å². The standard InChI is InChI=1S/C12H5Cl13/c13-7(11(20,21)22,6-4-2-1-3-5-6)8(14,15)9(16,17)10(18,19)12(23,24)25/h1-5H. The molecule has 0 nitrogen and oxygen atoms in total. The monoisotopic (exact) mass is 604 g/mol. The molecule has 144 valence electrons. The van der Waals surface area contributed by atoms with E-state index < -0.39 is 25.5 Å². The van der Waals surface area contributed by atoms with E-state index >= 15 is 0 Å². The lowest BCUT2D eigenvalue weighted by atomic mass is 9.91. The predicted molar refractivity (Wildman–Crippen MR) is 118 cm³/mol. The van der Waals surface area contributed by atoms with Crippen LogP contribution in [0.4, 0.5) is 0 Å². The molecule has 1 rings (SSSR count). The van der Waals surface area contributed by atoms with Crippen molar-refractivity contribution in [3.05, 3.63) is 35.9 Å². The zero-order chi connectivity index (χ0) is 20.1. The Morgan fingerprint density at radius 3 is 1.16 bits per heavy atom. The molecule has 1 atom stereocenters. The van der Waals surface area contributed by atoms with Crippen molar-refractivity contribution in [3.8, 4) is 0 Å². The molecule has 25 heavy (non-hydrogen) atoms. The Labute approximate surface area is 210 Å². The summed E-state index contributed by atoms with van der Waals surface area (Å²) in [4.78, 5) is -2.27. The molecule has 0 aliphatic carbocycles. The molecule has 0 heterocycles. The number of halogens is 13. The lowest BCUT2D eigenvalue weighted by Gasteiger charge is -2.52. The second-order valence-corrected chi connectivity index (χ2v) is 13.9. The molecule has 13 heteroatoms. The third-order valence-electron chi connectivity index (χ3n) is 3.14. The fourth-order valence-electron chi connectivity index (χ4n) is 1.78. The van der Waals surface area contributed by atoms with E-state index in [-0.39, 0.29) is 5.56 Å². The molecular weight excluding hydrogens is 605 g/mol. The van der Waals surface area contributed by atoms with E-state index in [4.69, 9.17) is 151 Å². The van der Waals surface area contributed by atoms with Gasteiger partial charge >= 0.3 is 0 Å². The van der Waals surface area contributed by atoms with Crippen molar-refractivity contribution in [2.24, 2.45) is 0 Å². The van der Waals surface area contributed by atoms with E-state index in [1.165, 1.54) is 12.1 Å². The maximum absolute atomic E-state index is 6.60. The van der Waals surface area contributed by atoms with E-state index in [1.54, 1.807) is 18.2 Å². The van der Waals surface area contributed by atoms with Crippen LogP contribution in [0.15, 0.2) is 30.3 Å². The van der Waals surface area contributed by atoms with Gasteiger partial charge in [-0.3, -0.25) is 0 Å². The average Bonchev–Trinajstić information content (AvgIpc) is 2.44. The lowest BCUT2D eigenvalue weighted by Crippen LogP contribution is -2.65. The average molecular weight is 610 g/mol. The Hall–Kier alpha value is 2.99. The minimum Gasteiger partial charge on any atom is -0.106 e. The highest BCUT2D eigenvalue weighted by atomic mass is 35.6. The number of benzene rings is 1. The van der Waals surface area contributed by atoms with Crippen LogP contribution >= 0.6 is 151 Å². The molecule has 0 spiro atoms. The van der Waals surface area contributed by atoms with Gasteiger partial charge in [-0.25, -0.2) is 0 Å². The Kier molecular flexibility index (Phi) is 8.60. The molecule has 0 fully saturated rings. The largest absolute Gasteiger partial charge is 0.226 e. The third kappa shape index (κ3) is 4.39. The van der Waals surface area contributed by atoms with Crippen LogP contribution < -0.4 is 0 Å². The van der Waals surface area contributed by atoms with Gasteiger partial charge in [-0.2, -0.15) is 0 Å². The summed E-state index contributed by atoms with van der Waals surface area (Å²) in [6.07, 6.45) is 0. The van der Waals surface area contributed by atoms with Crippen LogP contribution in [0, 0.1) is 0 Å². The summed E-state index contributed by atoms with van der Waals surface area (Å²) in [5.74, 6) is 0. The van der Waals surface area contributed by atoms with Gasteiger partial charge in [-0.05, 0) is 5.56 Å². The molecule has 1 unspecified atom stereocenters. The van der Waals surface area contributed by atoms with Crippen LogP contribution in [0.1, 0.15) is 5.56 Å². The van der Waals surface area contributed by atoms with Crippen molar-refractivity contribution < 1.29 is 0 Å². The first-order chi connectivity index (χ1) is 10.9. The minimum atomic E-state index is -2.65.